The van der Waals surface area contributed by atoms with Crippen molar-refractivity contribution in [1.82, 2.24) is 19.5 Å². The molecule has 1 amide bonds. The van der Waals surface area contributed by atoms with Crippen molar-refractivity contribution in [3.05, 3.63) is 34.8 Å². The molecule has 3 aromatic rings. The summed E-state index contributed by atoms with van der Waals surface area (Å²) in [4.78, 5) is 39.3. The third-order valence-corrected chi connectivity index (χ3v) is 8.67. The number of carbonyl (C=O) groups is 2. The van der Waals surface area contributed by atoms with Gasteiger partial charge in [-0.05, 0) is 71.2 Å². The number of aromatic nitrogens is 3. The van der Waals surface area contributed by atoms with Gasteiger partial charge in [-0.25, -0.2) is 9.31 Å². The van der Waals surface area contributed by atoms with Crippen LogP contribution >= 0.6 is 11.3 Å². The number of fused-ring (bicyclic) bond motifs is 1. The van der Waals surface area contributed by atoms with Crippen LogP contribution in [0, 0.1) is 6.92 Å². The minimum absolute atomic E-state index is 0.165. The summed E-state index contributed by atoms with van der Waals surface area (Å²) < 4.78 is 12.8. The first kappa shape index (κ1) is 27.3. The molecule has 1 aliphatic carbocycles. The van der Waals surface area contributed by atoms with E-state index in [1.54, 1.807) is 44.2 Å². The lowest BCUT2D eigenvalue weighted by atomic mass is 9.98. The lowest BCUT2D eigenvalue weighted by Gasteiger charge is -2.24. The first-order chi connectivity index (χ1) is 18.7. The van der Waals surface area contributed by atoms with Crippen molar-refractivity contribution in [3.63, 3.8) is 0 Å². The van der Waals surface area contributed by atoms with Crippen LogP contribution in [0.5, 0.6) is 5.75 Å². The number of hydrogen-bond acceptors (Lipinski definition) is 8. The van der Waals surface area contributed by atoms with Gasteiger partial charge in [-0.3, -0.25) is 14.7 Å². The smallest absolute Gasteiger partial charge is 0.349 e. The average Bonchev–Trinajstić information content (AvgIpc) is 3.67. The number of thiazole rings is 1. The number of carbonyl (C=O) groups excluding carboxylic acids is 2. The van der Waals surface area contributed by atoms with E-state index in [-0.39, 0.29) is 5.91 Å². The number of esters is 1. The van der Waals surface area contributed by atoms with E-state index in [1.165, 1.54) is 0 Å². The van der Waals surface area contributed by atoms with E-state index in [4.69, 9.17) is 24.5 Å². The summed E-state index contributed by atoms with van der Waals surface area (Å²) in [6.45, 7) is 10.2. The van der Waals surface area contributed by atoms with Crippen molar-refractivity contribution < 1.29 is 19.1 Å². The number of rotatable bonds is 10. The van der Waals surface area contributed by atoms with E-state index in [0.29, 0.717) is 24.7 Å². The Hall–Kier alpha value is -3.27. The Balaban J connectivity index is 1.33. The minimum atomic E-state index is -1.09. The maximum atomic E-state index is 13.5. The summed E-state index contributed by atoms with van der Waals surface area (Å²) in [7, 11) is 0. The quantitative estimate of drug-likeness (QED) is 0.299. The highest BCUT2D eigenvalue weighted by Crippen LogP contribution is 2.40. The number of ether oxygens (including phenoxy) is 2. The second-order valence-electron chi connectivity index (χ2n) is 10.9. The zero-order valence-electron chi connectivity index (χ0n) is 23.5. The number of benzene rings is 1. The standard InChI is InChI=1S/C29H37N5O4S/c1-6-8-11-23-31-29(16-9-10-17-29)25(35)33(23)18-22-19(3)34-27(39-22)30-24(32-34)20-12-14-21(15-13-20)38-28(4,5)26(36)37-7-2/h12-15H,6-11,16-18H2,1-5H3. The molecule has 208 valence electrons. The van der Waals surface area contributed by atoms with Crippen LogP contribution in [0.4, 0.5) is 0 Å². The molecule has 0 saturated heterocycles. The molecule has 1 aliphatic heterocycles. The maximum Gasteiger partial charge on any atom is 0.349 e. The van der Waals surface area contributed by atoms with Crippen LogP contribution in [-0.2, 0) is 20.9 Å². The molecule has 5 rings (SSSR count). The van der Waals surface area contributed by atoms with E-state index >= 15 is 0 Å². The number of unbranched alkanes of at least 4 members (excludes halogenated alkanes) is 1. The van der Waals surface area contributed by atoms with Crippen LogP contribution in [0.3, 0.4) is 0 Å². The van der Waals surface area contributed by atoms with Crippen LogP contribution in [0.1, 0.15) is 83.2 Å². The second-order valence-corrected chi connectivity index (χ2v) is 11.9. The zero-order chi connectivity index (χ0) is 27.8. The SMILES string of the molecule is CCCCC1=NC2(CCCC2)C(=O)N1Cc1sc2nc(-c3ccc(OC(C)(C)C(=O)OCC)cc3)nn2c1C. The molecule has 1 aromatic carbocycles. The average molecular weight is 552 g/mol. The van der Waals surface area contributed by atoms with Crippen LogP contribution in [0.15, 0.2) is 29.3 Å². The topological polar surface area (TPSA) is 98.4 Å². The first-order valence-electron chi connectivity index (χ1n) is 13.9. The van der Waals surface area contributed by atoms with Crippen LogP contribution in [-0.4, -0.2) is 55.0 Å². The molecule has 0 N–H and O–H groups in total. The Kier molecular flexibility index (Phi) is 7.50. The molecular weight excluding hydrogens is 514 g/mol. The van der Waals surface area contributed by atoms with Gasteiger partial charge in [0.1, 0.15) is 17.1 Å². The monoisotopic (exact) mass is 551 g/mol. The molecule has 10 heteroatoms. The van der Waals surface area contributed by atoms with E-state index in [9.17, 15) is 9.59 Å². The number of aryl methyl sites for hydroxylation is 1. The van der Waals surface area contributed by atoms with Gasteiger partial charge in [0, 0.05) is 16.9 Å². The van der Waals surface area contributed by atoms with Crippen molar-refractivity contribution in [1.29, 1.82) is 0 Å². The Bertz CT molecular complexity index is 1400. The van der Waals surface area contributed by atoms with Gasteiger partial charge >= 0.3 is 5.97 Å². The number of aliphatic imine (C=N–C) groups is 1. The largest absolute Gasteiger partial charge is 0.476 e. The van der Waals surface area contributed by atoms with Crippen LogP contribution in [0.2, 0.25) is 0 Å². The van der Waals surface area contributed by atoms with Gasteiger partial charge in [0.2, 0.25) is 4.96 Å². The van der Waals surface area contributed by atoms with E-state index in [1.807, 2.05) is 28.5 Å². The molecule has 0 radical (unpaired) electrons. The molecule has 9 nitrogen and oxygen atoms in total. The Labute approximate surface area is 233 Å². The summed E-state index contributed by atoms with van der Waals surface area (Å²) in [6, 6.07) is 7.37. The highest BCUT2D eigenvalue weighted by atomic mass is 32.1. The molecule has 2 aromatic heterocycles. The van der Waals surface area contributed by atoms with E-state index in [0.717, 1.165) is 71.9 Å². The number of nitrogens with zero attached hydrogens (tertiary/aromatic N) is 5. The highest BCUT2D eigenvalue weighted by molar-refractivity contribution is 7.17. The summed E-state index contributed by atoms with van der Waals surface area (Å²) >= 11 is 1.57. The lowest BCUT2D eigenvalue weighted by molar-refractivity contribution is -0.158. The maximum absolute atomic E-state index is 13.5. The summed E-state index contributed by atoms with van der Waals surface area (Å²) in [5, 5.41) is 4.76. The molecule has 1 spiro atoms. The van der Waals surface area contributed by atoms with Gasteiger partial charge in [0.15, 0.2) is 11.4 Å². The minimum Gasteiger partial charge on any atom is -0.476 e. The molecular formula is C29H37N5O4S. The molecule has 1 fully saturated rings. The summed E-state index contributed by atoms with van der Waals surface area (Å²) in [6.07, 6.45) is 6.80. The lowest BCUT2D eigenvalue weighted by Crippen LogP contribution is -2.40. The van der Waals surface area contributed by atoms with E-state index in [2.05, 4.69) is 6.92 Å². The second kappa shape index (κ2) is 10.7. The first-order valence-corrected chi connectivity index (χ1v) is 14.7. The third-order valence-electron chi connectivity index (χ3n) is 7.55. The number of amidine groups is 1. The molecule has 3 heterocycles. The Morgan fingerprint density at radius 1 is 1.15 bits per heavy atom. The fraction of sp³-hybridized carbons (Fsp3) is 0.552. The predicted molar refractivity (Wildman–Crippen MR) is 151 cm³/mol. The molecule has 39 heavy (non-hydrogen) atoms. The van der Waals surface area contributed by atoms with Crippen molar-refractivity contribution in [2.45, 2.75) is 97.2 Å². The fourth-order valence-corrected chi connectivity index (χ4v) is 6.35. The summed E-state index contributed by atoms with van der Waals surface area (Å²) in [5.41, 5.74) is 0.219. The van der Waals surface area contributed by atoms with Gasteiger partial charge in [-0.2, -0.15) is 4.98 Å². The molecule has 1 saturated carbocycles. The van der Waals surface area contributed by atoms with Crippen molar-refractivity contribution in [2.24, 2.45) is 4.99 Å². The normalized spacial score (nSPS) is 16.9. The Morgan fingerprint density at radius 2 is 1.87 bits per heavy atom. The molecule has 0 atom stereocenters. The predicted octanol–water partition coefficient (Wildman–Crippen LogP) is 5.73. The fourth-order valence-electron chi connectivity index (χ4n) is 5.31. The van der Waals surface area contributed by atoms with Crippen molar-refractivity contribution >= 4 is 34.0 Å². The van der Waals surface area contributed by atoms with Crippen LogP contribution < -0.4 is 4.74 Å². The molecule has 0 unspecified atom stereocenters. The highest BCUT2D eigenvalue weighted by Gasteiger charge is 2.49. The van der Waals surface area contributed by atoms with Gasteiger partial charge in [0.05, 0.1) is 18.8 Å². The molecule has 2 aliphatic rings. The van der Waals surface area contributed by atoms with Gasteiger partial charge in [0.25, 0.3) is 5.91 Å². The number of hydrogen-bond donors (Lipinski definition) is 0. The van der Waals surface area contributed by atoms with Crippen molar-refractivity contribution in [3.8, 4) is 17.1 Å². The van der Waals surface area contributed by atoms with Gasteiger partial charge in [-0.15, -0.1) is 5.10 Å². The third kappa shape index (κ3) is 5.18. The van der Waals surface area contributed by atoms with Crippen molar-refractivity contribution in [2.75, 3.05) is 6.61 Å². The Morgan fingerprint density at radius 3 is 2.51 bits per heavy atom. The number of amides is 1. The van der Waals surface area contributed by atoms with Gasteiger partial charge < -0.3 is 9.47 Å². The van der Waals surface area contributed by atoms with E-state index < -0.39 is 17.1 Å². The zero-order valence-corrected chi connectivity index (χ0v) is 24.3. The van der Waals surface area contributed by atoms with Gasteiger partial charge in [-0.1, -0.05) is 37.5 Å². The van der Waals surface area contributed by atoms with Crippen LogP contribution in [0.25, 0.3) is 16.3 Å². The summed E-state index contributed by atoms with van der Waals surface area (Å²) in [5.74, 6) is 1.87. The molecule has 0 bridgehead atoms.